The number of benzene rings is 1. The van der Waals surface area contributed by atoms with E-state index in [9.17, 15) is 9.59 Å². The first-order valence-corrected chi connectivity index (χ1v) is 7.22. The van der Waals surface area contributed by atoms with Gasteiger partial charge in [0.1, 0.15) is 12.4 Å². The Morgan fingerprint density at radius 2 is 1.95 bits per heavy atom. The van der Waals surface area contributed by atoms with Crippen molar-refractivity contribution in [2.45, 2.75) is 39.3 Å². The molecule has 22 heavy (non-hydrogen) atoms. The predicted octanol–water partition coefficient (Wildman–Crippen LogP) is 2.31. The van der Waals surface area contributed by atoms with Gasteiger partial charge >= 0.3 is 5.97 Å². The number of carbonyl (C=O) groups is 2. The highest BCUT2D eigenvalue weighted by atomic mass is 16.6. The van der Waals surface area contributed by atoms with E-state index in [1.54, 1.807) is 13.0 Å². The van der Waals surface area contributed by atoms with Gasteiger partial charge in [-0.2, -0.15) is 0 Å². The van der Waals surface area contributed by atoms with Crippen molar-refractivity contribution in [1.82, 2.24) is 5.32 Å². The van der Waals surface area contributed by atoms with Gasteiger partial charge in [0.25, 0.3) is 5.91 Å². The first-order chi connectivity index (χ1) is 10.3. The normalized spacial score (nSPS) is 15.0. The minimum atomic E-state index is -0.857. The molecule has 0 spiro atoms. The summed E-state index contributed by atoms with van der Waals surface area (Å²) >= 11 is 0. The van der Waals surface area contributed by atoms with Crippen LogP contribution in [0.25, 0.3) is 6.08 Å². The second kappa shape index (κ2) is 6.22. The lowest BCUT2D eigenvalue weighted by molar-refractivity contribution is -0.152. The summed E-state index contributed by atoms with van der Waals surface area (Å²) in [4.78, 5) is 24.1. The quantitative estimate of drug-likeness (QED) is 0.870. The van der Waals surface area contributed by atoms with Crippen LogP contribution in [0.4, 0.5) is 0 Å². The van der Waals surface area contributed by atoms with E-state index < -0.39 is 12.1 Å². The zero-order chi connectivity index (χ0) is 16.3. The summed E-state index contributed by atoms with van der Waals surface area (Å²) in [6.07, 6.45) is 0.875. The summed E-state index contributed by atoms with van der Waals surface area (Å²) in [5, 5.41) is 2.78. The van der Waals surface area contributed by atoms with Gasteiger partial charge in [-0.25, -0.2) is 4.79 Å². The molecule has 0 saturated carbocycles. The molecule has 0 aliphatic carbocycles. The fraction of sp³-hybridized carbons (Fsp3) is 0.412. The summed E-state index contributed by atoms with van der Waals surface area (Å²) in [7, 11) is 0. The van der Waals surface area contributed by atoms with Gasteiger partial charge in [-0.05, 0) is 39.8 Å². The van der Waals surface area contributed by atoms with Crippen LogP contribution in [0.1, 0.15) is 33.3 Å². The highest BCUT2D eigenvalue weighted by Crippen LogP contribution is 2.26. The van der Waals surface area contributed by atoms with E-state index in [0.29, 0.717) is 5.57 Å². The van der Waals surface area contributed by atoms with Crippen molar-refractivity contribution in [1.29, 1.82) is 0 Å². The summed E-state index contributed by atoms with van der Waals surface area (Å²) in [5.74, 6) is -0.123. The Labute approximate surface area is 130 Å². The van der Waals surface area contributed by atoms with Crippen LogP contribution in [-0.2, 0) is 14.3 Å². The second-order valence-corrected chi connectivity index (χ2v) is 6.28. The fourth-order valence-electron chi connectivity index (χ4n) is 1.99. The average molecular weight is 303 g/mol. The second-order valence-electron chi connectivity index (χ2n) is 6.28. The summed E-state index contributed by atoms with van der Waals surface area (Å²) in [6.45, 7) is 7.30. The Bertz CT molecular complexity index is 613. The van der Waals surface area contributed by atoms with Crippen LogP contribution in [0, 0.1) is 0 Å². The number of nitrogens with one attached hydrogen (secondary N) is 1. The summed E-state index contributed by atoms with van der Waals surface area (Å²) < 4.78 is 10.7. The van der Waals surface area contributed by atoms with E-state index in [0.717, 1.165) is 11.3 Å². The van der Waals surface area contributed by atoms with E-state index in [4.69, 9.17) is 9.47 Å². The maximum absolute atomic E-state index is 12.1. The van der Waals surface area contributed by atoms with Crippen LogP contribution in [0.3, 0.4) is 0 Å². The molecule has 1 aromatic carbocycles. The standard InChI is InChI=1S/C17H21NO4/c1-11(15(19)18-17(2,3)4)22-16(20)13-9-12-7-5-6-8-14(12)21-10-13/h5-9,11H,10H2,1-4H3,(H,18,19)/t11-/m1/s1. The Hall–Kier alpha value is -2.30. The zero-order valence-corrected chi connectivity index (χ0v) is 13.3. The largest absolute Gasteiger partial charge is 0.488 e. The molecule has 1 aliphatic rings. The van der Waals surface area contributed by atoms with Crippen molar-refractivity contribution in [3.05, 3.63) is 35.4 Å². The van der Waals surface area contributed by atoms with Crippen molar-refractivity contribution < 1.29 is 19.1 Å². The van der Waals surface area contributed by atoms with E-state index in [1.165, 1.54) is 0 Å². The molecule has 0 bridgehead atoms. The molecule has 1 heterocycles. The lowest BCUT2D eigenvalue weighted by atomic mass is 10.1. The van der Waals surface area contributed by atoms with Crippen LogP contribution >= 0.6 is 0 Å². The number of ether oxygens (including phenoxy) is 2. The highest BCUT2D eigenvalue weighted by Gasteiger charge is 2.25. The summed E-state index contributed by atoms with van der Waals surface area (Å²) in [5.41, 5.74) is 0.853. The third-order valence-electron chi connectivity index (χ3n) is 3.05. The van der Waals surface area contributed by atoms with Crippen molar-refractivity contribution in [2.24, 2.45) is 0 Å². The Balaban J connectivity index is 2.01. The van der Waals surface area contributed by atoms with Gasteiger partial charge < -0.3 is 14.8 Å². The van der Waals surface area contributed by atoms with E-state index in [1.807, 2.05) is 45.0 Å². The van der Waals surface area contributed by atoms with Gasteiger partial charge in [0.2, 0.25) is 0 Å². The number of fused-ring (bicyclic) bond motifs is 1. The molecular weight excluding hydrogens is 282 g/mol. The van der Waals surface area contributed by atoms with Crippen molar-refractivity contribution in [3.8, 4) is 5.75 Å². The molecule has 1 amide bonds. The van der Waals surface area contributed by atoms with Crippen LogP contribution in [0.2, 0.25) is 0 Å². The molecule has 0 unspecified atom stereocenters. The highest BCUT2D eigenvalue weighted by molar-refractivity contribution is 5.96. The Morgan fingerprint density at radius 1 is 1.27 bits per heavy atom. The fourth-order valence-corrected chi connectivity index (χ4v) is 1.99. The minimum absolute atomic E-state index is 0.142. The van der Waals surface area contributed by atoms with Gasteiger partial charge in [0.05, 0.1) is 5.57 Å². The van der Waals surface area contributed by atoms with Crippen LogP contribution in [0.15, 0.2) is 29.8 Å². The monoisotopic (exact) mass is 303 g/mol. The number of para-hydroxylation sites is 1. The van der Waals surface area contributed by atoms with E-state index >= 15 is 0 Å². The molecule has 0 fully saturated rings. The number of rotatable bonds is 3. The molecule has 118 valence electrons. The molecule has 2 rings (SSSR count). The number of esters is 1. The number of hydrogen-bond acceptors (Lipinski definition) is 4. The molecule has 5 nitrogen and oxygen atoms in total. The molecule has 1 N–H and O–H groups in total. The first-order valence-electron chi connectivity index (χ1n) is 7.22. The molecule has 5 heteroatoms. The topological polar surface area (TPSA) is 64.6 Å². The van der Waals surface area contributed by atoms with E-state index in [2.05, 4.69) is 5.32 Å². The predicted molar refractivity (Wildman–Crippen MR) is 83.4 cm³/mol. The third kappa shape index (κ3) is 4.10. The van der Waals surface area contributed by atoms with Gasteiger partial charge in [-0.3, -0.25) is 4.79 Å². The molecule has 0 radical (unpaired) electrons. The minimum Gasteiger partial charge on any atom is -0.488 e. The lowest BCUT2D eigenvalue weighted by Gasteiger charge is -2.24. The Morgan fingerprint density at radius 3 is 2.64 bits per heavy atom. The Kier molecular flexibility index (Phi) is 4.54. The van der Waals surface area contributed by atoms with Crippen molar-refractivity contribution in [2.75, 3.05) is 6.61 Å². The van der Waals surface area contributed by atoms with Crippen LogP contribution in [-0.4, -0.2) is 30.1 Å². The van der Waals surface area contributed by atoms with Gasteiger partial charge in [0.15, 0.2) is 6.10 Å². The molecule has 1 atom stereocenters. The lowest BCUT2D eigenvalue weighted by Crippen LogP contribution is -2.46. The maximum atomic E-state index is 12.1. The van der Waals surface area contributed by atoms with Crippen molar-refractivity contribution >= 4 is 18.0 Å². The van der Waals surface area contributed by atoms with Gasteiger partial charge in [0, 0.05) is 11.1 Å². The molecule has 0 saturated heterocycles. The third-order valence-corrected chi connectivity index (χ3v) is 3.05. The maximum Gasteiger partial charge on any atom is 0.338 e. The van der Waals surface area contributed by atoms with Crippen molar-refractivity contribution in [3.63, 3.8) is 0 Å². The molecule has 1 aromatic rings. The average Bonchev–Trinajstić information content (AvgIpc) is 2.44. The van der Waals surface area contributed by atoms with Crippen LogP contribution in [0.5, 0.6) is 5.75 Å². The molecular formula is C17H21NO4. The SMILES string of the molecule is C[C@@H](OC(=O)C1=Cc2ccccc2OC1)C(=O)NC(C)(C)C. The smallest absolute Gasteiger partial charge is 0.338 e. The summed E-state index contributed by atoms with van der Waals surface area (Å²) in [6, 6.07) is 7.44. The van der Waals surface area contributed by atoms with Crippen LogP contribution < -0.4 is 10.1 Å². The van der Waals surface area contributed by atoms with Gasteiger partial charge in [-0.1, -0.05) is 18.2 Å². The molecule has 1 aliphatic heterocycles. The molecule has 0 aromatic heterocycles. The zero-order valence-electron chi connectivity index (χ0n) is 13.3. The van der Waals surface area contributed by atoms with E-state index in [-0.39, 0.29) is 18.1 Å². The number of amides is 1. The van der Waals surface area contributed by atoms with Gasteiger partial charge in [-0.15, -0.1) is 0 Å². The first kappa shape index (κ1) is 16.1. The number of carbonyl (C=O) groups excluding carboxylic acids is 2. The number of hydrogen-bond donors (Lipinski definition) is 1.